The number of benzene rings is 1. The van der Waals surface area contributed by atoms with Crippen LogP contribution >= 0.6 is 11.3 Å². The molecule has 5 nitrogen and oxygen atoms in total. The van der Waals surface area contributed by atoms with Crippen molar-refractivity contribution in [2.75, 3.05) is 16.8 Å². The van der Waals surface area contributed by atoms with Gasteiger partial charge in [-0.3, -0.25) is 9.59 Å². The van der Waals surface area contributed by atoms with E-state index in [0.29, 0.717) is 10.6 Å². The zero-order valence-corrected chi connectivity index (χ0v) is 13.0. The van der Waals surface area contributed by atoms with Gasteiger partial charge in [0.15, 0.2) is 0 Å². The van der Waals surface area contributed by atoms with Gasteiger partial charge in [0.25, 0.3) is 5.91 Å². The lowest BCUT2D eigenvalue weighted by atomic mass is 10.1. The summed E-state index contributed by atoms with van der Waals surface area (Å²) in [5.41, 5.74) is 8.02. The van der Waals surface area contributed by atoms with Crippen LogP contribution in [0.25, 0.3) is 0 Å². The second-order valence-electron chi connectivity index (χ2n) is 5.26. The Morgan fingerprint density at radius 3 is 2.86 bits per heavy atom. The molecule has 1 aliphatic rings. The van der Waals surface area contributed by atoms with Gasteiger partial charge in [0.2, 0.25) is 5.91 Å². The summed E-state index contributed by atoms with van der Waals surface area (Å²) in [4.78, 5) is 25.9. The molecule has 0 aliphatic carbocycles. The predicted octanol–water partition coefficient (Wildman–Crippen LogP) is 2.24. The van der Waals surface area contributed by atoms with Gasteiger partial charge >= 0.3 is 0 Å². The Bertz CT molecular complexity index is 726. The Morgan fingerprint density at radius 1 is 1.32 bits per heavy atom. The summed E-state index contributed by atoms with van der Waals surface area (Å²) in [6.07, 6.45) is 0.944. The highest BCUT2D eigenvalue weighted by atomic mass is 32.1. The van der Waals surface area contributed by atoms with Gasteiger partial charge in [0.1, 0.15) is 11.0 Å². The van der Waals surface area contributed by atoms with E-state index in [9.17, 15) is 9.59 Å². The molecule has 0 saturated heterocycles. The molecular weight excluding hydrogens is 298 g/mol. The number of hydrogen-bond acceptors (Lipinski definition) is 4. The lowest BCUT2D eigenvalue weighted by Gasteiger charge is -2.26. The molecule has 0 radical (unpaired) electrons. The third kappa shape index (κ3) is 2.57. The molecule has 1 aromatic carbocycles. The van der Waals surface area contributed by atoms with Crippen LogP contribution in [-0.2, 0) is 11.2 Å². The molecule has 22 heavy (non-hydrogen) atoms. The molecule has 0 bridgehead atoms. The molecule has 6 heteroatoms. The molecular formula is C16H17N3O2S. The number of thiophene rings is 1. The zero-order valence-electron chi connectivity index (χ0n) is 12.2. The smallest absolute Gasteiger partial charge is 0.251 e. The van der Waals surface area contributed by atoms with Gasteiger partial charge in [-0.2, -0.15) is 0 Å². The number of primary amides is 1. The summed E-state index contributed by atoms with van der Waals surface area (Å²) in [5, 5.41) is 5.07. The number of nitrogens with two attached hydrogens (primary N) is 1. The van der Waals surface area contributed by atoms with E-state index in [1.165, 1.54) is 16.9 Å². The average Bonchev–Trinajstić information content (AvgIpc) is 3.12. The van der Waals surface area contributed by atoms with E-state index in [0.717, 1.165) is 18.7 Å². The normalized spacial score (nSPS) is 14.5. The number of rotatable bonds is 4. The van der Waals surface area contributed by atoms with Gasteiger partial charge < -0.3 is 16.0 Å². The maximum Gasteiger partial charge on any atom is 0.251 e. The first-order chi connectivity index (χ1) is 10.6. The highest BCUT2D eigenvalue weighted by Crippen LogP contribution is 2.30. The number of para-hydroxylation sites is 1. The molecule has 1 aliphatic heterocycles. The summed E-state index contributed by atoms with van der Waals surface area (Å²) >= 11 is 1.30. The quantitative estimate of drug-likeness (QED) is 0.908. The van der Waals surface area contributed by atoms with E-state index in [1.807, 2.05) is 25.1 Å². The van der Waals surface area contributed by atoms with E-state index in [-0.39, 0.29) is 11.9 Å². The standard InChI is InChI=1S/C16H17N3O2S/c1-10(19-8-6-11-4-2-3-5-13(11)19)15(21)18-16-12(14(17)20)7-9-22-16/h2-5,7,9-10H,6,8H2,1H3,(H2,17,20)(H,18,21)/t10-/m1/s1. The van der Waals surface area contributed by atoms with Gasteiger partial charge in [-0.1, -0.05) is 18.2 Å². The van der Waals surface area contributed by atoms with Gasteiger partial charge in [0, 0.05) is 12.2 Å². The number of carbonyl (C=O) groups is 2. The molecule has 2 aromatic rings. The Hall–Kier alpha value is -2.34. The first kappa shape index (κ1) is 14.6. The summed E-state index contributed by atoms with van der Waals surface area (Å²) in [6, 6.07) is 9.42. The van der Waals surface area contributed by atoms with Gasteiger partial charge in [0.05, 0.1) is 5.56 Å². The molecule has 2 amide bonds. The highest BCUT2D eigenvalue weighted by molar-refractivity contribution is 7.14. The molecule has 114 valence electrons. The topological polar surface area (TPSA) is 75.4 Å². The van der Waals surface area contributed by atoms with E-state index in [2.05, 4.69) is 16.3 Å². The highest BCUT2D eigenvalue weighted by Gasteiger charge is 2.28. The number of nitrogens with one attached hydrogen (secondary N) is 1. The number of nitrogens with zero attached hydrogens (tertiary/aromatic N) is 1. The van der Waals surface area contributed by atoms with Crippen LogP contribution in [0.1, 0.15) is 22.8 Å². The Labute approximate surface area is 132 Å². The monoisotopic (exact) mass is 315 g/mol. The van der Waals surface area contributed by atoms with Crippen LogP contribution in [-0.4, -0.2) is 24.4 Å². The van der Waals surface area contributed by atoms with E-state index >= 15 is 0 Å². The molecule has 0 spiro atoms. The molecule has 3 rings (SSSR count). The van der Waals surface area contributed by atoms with Crippen molar-refractivity contribution < 1.29 is 9.59 Å². The fourth-order valence-electron chi connectivity index (χ4n) is 2.72. The van der Waals surface area contributed by atoms with Crippen molar-refractivity contribution in [2.45, 2.75) is 19.4 Å². The Morgan fingerprint density at radius 2 is 2.09 bits per heavy atom. The van der Waals surface area contributed by atoms with Crippen molar-refractivity contribution in [1.29, 1.82) is 0 Å². The second kappa shape index (κ2) is 5.81. The molecule has 3 N–H and O–H groups in total. The van der Waals surface area contributed by atoms with Crippen LogP contribution in [0.15, 0.2) is 35.7 Å². The molecule has 0 unspecified atom stereocenters. The van der Waals surface area contributed by atoms with Crippen LogP contribution < -0.4 is 16.0 Å². The first-order valence-corrected chi connectivity index (χ1v) is 7.98. The Balaban J connectivity index is 1.76. The summed E-state index contributed by atoms with van der Waals surface area (Å²) in [5.74, 6) is -0.669. The van der Waals surface area contributed by atoms with Gasteiger partial charge in [-0.15, -0.1) is 11.3 Å². The molecule has 0 fully saturated rings. The number of fused-ring (bicyclic) bond motifs is 1. The summed E-state index contributed by atoms with van der Waals surface area (Å²) in [7, 11) is 0. The van der Waals surface area contributed by atoms with Crippen LogP contribution in [0.3, 0.4) is 0 Å². The summed E-state index contributed by atoms with van der Waals surface area (Å²) < 4.78 is 0. The number of amides is 2. The van der Waals surface area contributed by atoms with Crippen LogP contribution in [0, 0.1) is 0 Å². The number of hydrogen-bond donors (Lipinski definition) is 2. The van der Waals surface area contributed by atoms with Crippen LogP contribution in [0.2, 0.25) is 0 Å². The maximum atomic E-state index is 12.5. The lowest BCUT2D eigenvalue weighted by molar-refractivity contribution is -0.117. The van der Waals surface area contributed by atoms with Crippen molar-refractivity contribution in [3.63, 3.8) is 0 Å². The van der Waals surface area contributed by atoms with E-state index < -0.39 is 5.91 Å². The predicted molar refractivity (Wildman–Crippen MR) is 88.4 cm³/mol. The minimum Gasteiger partial charge on any atom is -0.366 e. The fraction of sp³-hybridized carbons (Fsp3) is 0.250. The van der Waals surface area contributed by atoms with Gasteiger partial charge in [-0.25, -0.2) is 0 Å². The Kier molecular flexibility index (Phi) is 3.85. The maximum absolute atomic E-state index is 12.5. The van der Waals surface area contributed by atoms with E-state index in [1.54, 1.807) is 11.4 Å². The number of carbonyl (C=O) groups excluding carboxylic acids is 2. The molecule has 1 aromatic heterocycles. The third-order valence-electron chi connectivity index (χ3n) is 3.94. The molecule has 2 heterocycles. The van der Waals surface area contributed by atoms with Crippen molar-refractivity contribution in [2.24, 2.45) is 5.73 Å². The SMILES string of the molecule is C[C@H](C(=O)Nc1sccc1C(N)=O)N1CCc2ccccc21. The van der Waals surface area contributed by atoms with E-state index in [4.69, 9.17) is 5.73 Å². The fourth-order valence-corrected chi connectivity index (χ4v) is 3.52. The van der Waals surface area contributed by atoms with Crippen LogP contribution in [0.5, 0.6) is 0 Å². The largest absolute Gasteiger partial charge is 0.366 e. The second-order valence-corrected chi connectivity index (χ2v) is 6.18. The molecule has 0 saturated carbocycles. The van der Waals surface area contributed by atoms with Gasteiger partial charge in [-0.05, 0) is 36.4 Å². The van der Waals surface area contributed by atoms with Crippen molar-refractivity contribution >= 4 is 33.8 Å². The first-order valence-electron chi connectivity index (χ1n) is 7.10. The van der Waals surface area contributed by atoms with Crippen molar-refractivity contribution in [3.8, 4) is 0 Å². The lowest BCUT2D eigenvalue weighted by Crippen LogP contribution is -2.41. The third-order valence-corrected chi connectivity index (χ3v) is 4.77. The van der Waals surface area contributed by atoms with Crippen molar-refractivity contribution in [3.05, 3.63) is 46.8 Å². The van der Waals surface area contributed by atoms with Crippen LogP contribution in [0.4, 0.5) is 10.7 Å². The zero-order chi connectivity index (χ0) is 15.7. The minimum absolute atomic E-state index is 0.137. The average molecular weight is 315 g/mol. The minimum atomic E-state index is -0.532. The summed E-state index contributed by atoms with van der Waals surface area (Å²) in [6.45, 7) is 2.69. The number of anilines is 2. The molecule has 1 atom stereocenters. The van der Waals surface area contributed by atoms with Crippen molar-refractivity contribution in [1.82, 2.24) is 0 Å².